The molecule has 6 rings (SSSR count). The van der Waals surface area contributed by atoms with Crippen LogP contribution in [-0.4, -0.2) is 76.7 Å². The molecule has 3 aromatic rings. The van der Waals surface area contributed by atoms with Gasteiger partial charge in [0.25, 0.3) is 5.91 Å². The molecule has 1 aromatic heterocycles. The summed E-state index contributed by atoms with van der Waals surface area (Å²) in [7, 11) is 0. The highest BCUT2D eigenvalue weighted by molar-refractivity contribution is 7.13. The number of carbonyl (C=O) groups is 4. The van der Waals surface area contributed by atoms with Crippen LogP contribution in [0.5, 0.6) is 0 Å². The summed E-state index contributed by atoms with van der Waals surface area (Å²) in [6.45, 7) is 4.75. The number of amides is 4. The number of piperidine rings is 2. The van der Waals surface area contributed by atoms with E-state index in [2.05, 4.69) is 33.1 Å². The summed E-state index contributed by atoms with van der Waals surface area (Å²) >= 11 is 1.38. The fourth-order valence-corrected chi connectivity index (χ4v) is 8.11. The second-order valence-electron chi connectivity index (χ2n) is 13.0. The summed E-state index contributed by atoms with van der Waals surface area (Å²) in [6, 6.07) is 19.4. The molecular formula is C36H44N6O4S. The smallest absolute Gasteiger partial charge is 0.265 e. The van der Waals surface area contributed by atoms with Gasteiger partial charge in [0.15, 0.2) is 0 Å². The average molecular weight is 657 g/mol. The molecule has 47 heavy (non-hydrogen) atoms. The Morgan fingerprint density at radius 3 is 2.45 bits per heavy atom. The van der Waals surface area contributed by atoms with E-state index in [1.165, 1.54) is 16.9 Å². The lowest BCUT2D eigenvalue weighted by atomic mass is 9.80. The predicted molar refractivity (Wildman–Crippen MR) is 180 cm³/mol. The van der Waals surface area contributed by atoms with Crippen molar-refractivity contribution in [1.29, 1.82) is 0 Å². The SMILES string of the molecule is Cc1nc2sc1C(=O)N1CC[C@@H](CC(=O)NCc3ccccc3)[C@@H](CC(=O)N3CC[C@@H](NCc4ccccc4)C[C@H]3C(=O)NCC2)C1. The molecule has 2 fully saturated rings. The highest BCUT2D eigenvalue weighted by Gasteiger charge is 2.40. The number of hydrogen-bond acceptors (Lipinski definition) is 7. The van der Waals surface area contributed by atoms with Gasteiger partial charge < -0.3 is 25.8 Å². The maximum absolute atomic E-state index is 14.1. The molecule has 0 radical (unpaired) electrons. The van der Waals surface area contributed by atoms with Gasteiger partial charge in [0, 0.05) is 64.6 Å². The van der Waals surface area contributed by atoms with E-state index in [1.54, 1.807) is 4.90 Å². The lowest BCUT2D eigenvalue weighted by Gasteiger charge is -2.42. The number of aromatic nitrogens is 1. The van der Waals surface area contributed by atoms with Crippen molar-refractivity contribution in [2.75, 3.05) is 26.2 Å². The normalized spacial score (nSPS) is 23.7. The zero-order valence-corrected chi connectivity index (χ0v) is 27.8. The van der Waals surface area contributed by atoms with Crippen molar-refractivity contribution >= 4 is 35.0 Å². The number of hydrogen-bond donors (Lipinski definition) is 3. The number of nitrogens with zero attached hydrogens (tertiary/aromatic N) is 3. The van der Waals surface area contributed by atoms with Crippen LogP contribution in [0, 0.1) is 18.8 Å². The second-order valence-corrected chi connectivity index (χ2v) is 14.1. The van der Waals surface area contributed by atoms with Gasteiger partial charge in [0.2, 0.25) is 17.7 Å². The summed E-state index contributed by atoms with van der Waals surface area (Å²) in [5.74, 6) is -0.661. The van der Waals surface area contributed by atoms with Crippen LogP contribution in [0.15, 0.2) is 60.7 Å². The molecule has 3 aliphatic rings. The number of aryl methyl sites for hydroxylation is 1. The summed E-state index contributed by atoms with van der Waals surface area (Å²) in [6.07, 6.45) is 2.87. The number of fused-ring (bicyclic) bond motifs is 5. The third-order valence-electron chi connectivity index (χ3n) is 9.73. The lowest BCUT2D eigenvalue weighted by Crippen LogP contribution is -2.57. The number of thiazole rings is 1. The Bertz CT molecular complexity index is 1560. The Hall–Kier alpha value is -4.09. The summed E-state index contributed by atoms with van der Waals surface area (Å²) in [5, 5.41) is 10.5. The largest absolute Gasteiger partial charge is 0.354 e. The van der Waals surface area contributed by atoms with E-state index < -0.39 is 6.04 Å². The van der Waals surface area contributed by atoms with Crippen molar-refractivity contribution < 1.29 is 19.2 Å². The Kier molecular flexibility index (Phi) is 10.6. The van der Waals surface area contributed by atoms with Crippen LogP contribution < -0.4 is 16.0 Å². The molecule has 11 heteroatoms. The fourth-order valence-electron chi connectivity index (χ4n) is 7.08. The van der Waals surface area contributed by atoms with Crippen LogP contribution in [0.25, 0.3) is 0 Å². The van der Waals surface area contributed by atoms with Crippen LogP contribution in [0.4, 0.5) is 0 Å². The van der Waals surface area contributed by atoms with E-state index in [0.717, 1.165) is 17.0 Å². The molecule has 0 spiro atoms. The highest BCUT2D eigenvalue weighted by atomic mass is 32.1. The van der Waals surface area contributed by atoms with Gasteiger partial charge in [-0.2, -0.15) is 0 Å². The van der Waals surface area contributed by atoms with Crippen molar-refractivity contribution in [3.05, 3.63) is 87.4 Å². The highest BCUT2D eigenvalue weighted by Crippen LogP contribution is 2.33. The van der Waals surface area contributed by atoms with Gasteiger partial charge in [-0.25, -0.2) is 4.98 Å². The zero-order valence-electron chi connectivity index (χ0n) is 27.0. The quantitative estimate of drug-likeness (QED) is 0.358. The number of carbonyl (C=O) groups excluding carboxylic acids is 4. The van der Waals surface area contributed by atoms with Crippen molar-refractivity contribution in [1.82, 2.24) is 30.7 Å². The first kappa shape index (κ1) is 32.8. The molecule has 4 heterocycles. The van der Waals surface area contributed by atoms with Gasteiger partial charge in [-0.15, -0.1) is 11.3 Å². The van der Waals surface area contributed by atoms with Crippen LogP contribution in [0.1, 0.15) is 63.6 Å². The van der Waals surface area contributed by atoms with E-state index in [9.17, 15) is 19.2 Å². The van der Waals surface area contributed by atoms with Crippen molar-refractivity contribution in [3.63, 3.8) is 0 Å². The number of rotatable bonds is 7. The van der Waals surface area contributed by atoms with E-state index in [0.29, 0.717) is 69.1 Å². The Labute approximate surface area is 280 Å². The summed E-state index contributed by atoms with van der Waals surface area (Å²) < 4.78 is 0. The van der Waals surface area contributed by atoms with Crippen molar-refractivity contribution in [2.45, 2.75) is 70.6 Å². The van der Waals surface area contributed by atoms with Gasteiger partial charge in [0.05, 0.1) is 10.7 Å². The summed E-state index contributed by atoms with van der Waals surface area (Å²) in [4.78, 5) is 63.5. The van der Waals surface area contributed by atoms with Crippen molar-refractivity contribution in [2.24, 2.45) is 11.8 Å². The van der Waals surface area contributed by atoms with Crippen molar-refractivity contribution in [3.8, 4) is 0 Å². The first-order valence-corrected chi connectivity index (χ1v) is 17.6. The monoisotopic (exact) mass is 656 g/mol. The van der Waals surface area contributed by atoms with Gasteiger partial charge in [-0.1, -0.05) is 60.7 Å². The summed E-state index contributed by atoms with van der Waals surface area (Å²) in [5.41, 5.74) is 2.88. The Morgan fingerprint density at radius 2 is 1.70 bits per heavy atom. The molecule has 2 aromatic carbocycles. The van der Waals surface area contributed by atoms with Gasteiger partial charge in [0.1, 0.15) is 10.9 Å². The number of nitrogens with one attached hydrogen (secondary N) is 3. The van der Waals surface area contributed by atoms with Crippen LogP contribution in [0.2, 0.25) is 0 Å². The molecule has 3 N–H and O–H groups in total. The first-order valence-electron chi connectivity index (χ1n) is 16.7. The molecule has 3 aliphatic heterocycles. The van der Waals surface area contributed by atoms with E-state index in [4.69, 9.17) is 0 Å². The molecule has 10 nitrogen and oxygen atoms in total. The van der Waals surface area contributed by atoms with Gasteiger partial charge in [-0.05, 0) is 49.1 Å². The molecule has 248 valence electrons. The minimum Gasteiger partial charge on any atom is -0.354 e. The molecule has 0 aliphatic carbocycles. The molecule has 0 saturated carbocycles. The zero-order chi connectivity index (χ0) is 32.8. The molecule has 4 bridgehead atoms. The predicted octanol–water partition coefficient (Wildman–Crippen LogP) is 3.45. The first-order chi connectivity index (χ1) is 22.8. The number of benzene rings is 2. The van der Waals surface area contributed by atoms with E-state index in [1.807, 2.05) is 60.4 Å². The Morgan fingerprint density at radius 1 is 0.979 bits per heavy atom. The average Bonchev–Trinajstić information content (AvgIpc) is 3.46. The maximum Gasteiger partial charge on any atom is 0.265 e. The van der Waals surface area contributed by atoms with Crippen LogP contribution in [0.3, 0.4) is 0 Å². The molecule has 4 amide bonds. The third-order valence-corrected chi connectivity index (χ3v) is 10.9. The standard InChI is InChI=1S/C36H44N6O4S/c1-24-34-36(46)41-16-13-27(18-31(43)39-22-26-10-6-3-7-11-26)28(23-41)19-33(44)42-17-14-29(38-21-25-8-4-2-5-9-25)20-30(42)35(45)37-15-12-32(40-24)47-34/h2-11,27-30,38H,12-23H2,1H3,(H,37,45)(H,39,43)/t27-,28-,29+,30-/m0/s1. The minimum atomic E-state index is -0.600. The van der Waals surface area contributed by atoms with Crippen LogP contribution in [-0.2, 0) is 33.9 Å². The van der Waals surface area contributed by atoms with E-state index in [-0.39, 0.29) is 54.3 Å². The van der Waals surface area contributed by atoms with E-state index >= 15 is 0 Å². The topological polar surface area (TPSA) is 124 Å². The molecule has 0 unspecified atom stereocenters. The van der Waals surface area contributed by atoms with Gasteiger partial charge >= 0.3 is 0 Å². The molecular weight excluding hydrogens is 613 g/mol. The maximum atomic E-state index is 14.1. The fraction of sp³-hybridized carbons (Fsp3) is 0.472. The second kappa shape index (κ2) is 15.2. The third kappa shape index (κ3) is 8.26. The lowest BCUT2D eigenvalue weighted by molar-refractivity contribution is -0.144. The van der Waals surface area contributed by atoms with Crippen LogP contribution >= 0.6 is 11.3 Å². The van der Waals surface area contributed by atoms with Gasteiger partial charge in [-0.3, -0.25) is 19.2 Å². The molecule has 4 atom stereocenters. The minimum absolute atomic E-state index is 0.0625. The Balaban J connectivity index is 1.20. The molecule has 2 saturated heterocycles.